The van der Waals surface area contributed by atoms with Crippen LogP contribution in [-0.2, 0) is 6.42 Å². The second-order valence-corrected chi connectivity index (χ2v) is 6.93. The van der Waals surface area contributed by atoms with E-state index in [1.165, 1.54) is 38.5 Å². The topological polar surface area (TPSA) is 75.3 Å². The molecule has 0 radical (unpaired) electrons. The van der Waals surface area contributed by atoms with Crippen LogP contribution in [0.5, 0.6) is 0 Å². The summed E-state index contributed by atoms with van der Waals surface area (Å²) >= 11 is 0. The Hall–Kier alpha value is -1.59. The molecule has 1 saturated carbocycles. The van der Waals surface area contributed by atoms with Crippen LogP contribution < -0.4 is 10.6 Å². The highest BCUT2D eigenvalue weighted by Gasteiger charge is 2.14. The highest BCUT2D eigenvalue weighted by atomic mass is 16.5. The molecule has 6 nitrogen and oxygen atoms in total. The zero-order chi connectivity index (χ0) is 17.2. The van der Waals surface area contributed by atoms with Crippen LogP contribution in [0.2, 0.25) is 0 Å². The zero-order valence-corrected chi connectivity index (χ0v) is 15.5. The Kier molecular flexibility index (Phi) is 8.05. The van der Waals surface area contributed by atoms with Crippen LogP contribution in [0.1, 0.15) is 76.9 Å². The molecule has 6 heteroatoms. The van der Waals surface area contributed by atoms with E-state index in [-0.39, 0.29) is 0 Å². The number of guanidine groups is 1. The molecule has 2 rings (SSSR count). The summed E-state index contributed by atoms with van der Waals surface area (Å²) in [6.07, 6.45) is 8.91. The lowest BCUT2D eigenvalue weighted by Gasteiger charge is -2.11. The van der Waals surface area contributed by atoms with Crippen LogP contribution in [0.25, 0.3) is 0 Å². The molecular formula is C18H33N5O. The molecule has 0 aromatic carbocycles. The fraction of sp³-hybridized carbons (Fsp3) is 0.833. The SMILES string of the molecule is CCNC(=NCCCC1CCCC1)NCCc1nc(C(C)C)no1. The molecule has 1 fully saturated rings. The maximum Gasteiger partial charge on any atom is 0.228 e. The number of nitrogens with one attached hydrogen (secondary N) is 2. The monoisotopic (exact) mass is 335 g/mol. The van der Waals surface area contributed by atoms with Gasteiger partial charge >= 0.3 is 0 Å². The Bertz CT molecular complexity index is 491. The highest BCUT2D eigenvalue weighted by Crippen LogP contribution is 2.28. The molecule has 0 atom stereocenters. The molecule has 2 N–H and O–H groups in total. The van der Waals surface area contributed by atoms with Crippen LogP contribution >= 0.6 is 0 Å². The summed E-state index contributed by atoms with van der Waals surface area (Å²) in [5, 5.41) is 10.6. The third-order valence-corrected chi connectivity index (χ3v) is 4.49. The van der Waals surface area contributed by atoms with Gasteiger partial charge in [-0.05, 0) is 25.7 Å². The minimum absolute atomic E-state index is 0.300. The molecule has 1 aromatic heterocycles. The van der Waals surface area contributed by atoms with Crippen molar-refractivity contribution < 1.29 is 4.52 Å². The van der Waals surface area contributed by atoms with E-state index in [1.807, 2.05) is 0 Å². The molecular weight excluding hydrogens is 302 g/mol. The fourth-order valence-electron chi connectivity index (χ4n) is 3.10. The first kappa shape index (κ1) is 18.7. The summed E-state index contributed by atoms with van der Waals surface area (Å²) in [5.41, 5.74) is 0. The van der Waals surface area contributed by atoms with E-state index in [1.54, 1.807) is 0 Å². The normalized spacial score (nSPS) is 16.1. The van der Waals surface area contributed by atoms with Crippen molar-refractivity contribution in [1.29, 1.82) is 0 Å². The smallest absolute Gasteiger partial charge is 0.228 e. The van der Waals surface area contributed by atoms with Crippen molar-refractivity contribution in [3.63, 3.8) is 0 Å². The molecule has 24 heavy (non-hydrogen) atoms. The van der Waals surface area contributed by atoms with Gasteiger partial charge in [0.2, 0.25) is 5.89 Å². The molecule has 0 amide bonds. The predicted molar refractivity (Wildman–Crippen MR) is 97.3 cm³/mol. The Balaban J connectivity index is 1.67. The van der Waals surface area contributed by atoms with E-state index in [9.17, 15) is 0 Å². The molecule has 0 aliphatic heterocycles. The molecule has 1 aliphatic carbocycles. The van der Waals surface area contributed by atoms with Crippen molar-refractivity contribution >= 4 is 5.96 Å². The van der Waals surface area contributed by atoms with Gasteiger partial charge in [0.05, 0.1) is 0 Å². The molecule has 0 unspecified atom stereocenters. The maximum absolute atomic E-state index is 5.26. The lowest BCUT2D eigenvalue weighted by atomic mass is 10.0. The van der Waals surface area contributed by atoms with Gasteiger partial charge in [-0.1, -0.05) is 44.7 Å². The Morgan fingerprint density at radius 3 is 2.75 bits per heavy atom. The van der Waals surface area contributed by atoms with Gasteiger partial charge in [0.1, 0.15) is 0 Å². The van der Waals surface area contributed by atoms with Gasteiger partial charge in [-0.25, -0.2) is 0 Å². The third kappa shape index (κ3) is 6.49. The number of aromatic nitrogens is 2. The van der Waals surface area contributed by atoms with Crippen molar-refractivity contribution in [3.05, 3.63) is 11.7 Å². The summed E-state index contributed by atoms with van der Waals surface area (Å²) in [7, 11) is 0. The second-order valence-electron chi connectivity index (χ2n) is 6.93. The molecule has 136 valence electrons. The summed E-state index contributed by atoms with van der Waals surface area (Å²) in [6.45, 7) is 8.72. The minimum Gasteiger partial charge on any atom is -0.357 e. The van der Waals surface area contributed by atoms with E-state index >= 15 is 0 Å². The van der Waals surface area contributed by atoms with Gasteiger partial charge in [-0.2, -0.15) is 4.98 Å². The Morgan fingerprint density at radius 2 is 2.08 bits per heavy atom. The largest absolute Gasteiger partial charge is 0.357 e. The predicted octanol–water partition coefficient (Wildman–Crippen LogP) is 3.26. The van der Waals surface area contributed by atoms with Crippen molar-refractivity contribution in [2.24, 2.45) is 10.9 Å². The average molecular weight is 335 g/mol. The molecule has 1 aliphatic rings. The summed E-state index contributed by atoms with van der Waals surface area (Å²) in [5.74, 6) is 3.59. The first-order chi connectivity index (χ1) is 11.7. The summed E-state index contributed by atoms with van der Waals surface area (Å²) < 4.78 is 5.26. The molecule has 0 bridgehead atoms. The van der Waals surface area contributed by atoms with E-state index in [0.717, 1.165) is 37.3 Å². The first-order valence-electron chi connectivity index (χ1n) is 9.53. The summed E-state index contributed by atoms with van der Waals surface area (Å²) in [6, 6.07) is 0. The van der Waals surface area contributed by atoms with Crippen LogP contribution in [0.3, 0.4) is 0 Å². The van der Waals surface area contributed by atoms with Gasteiger partial charge in [-0.15, -0.1) is 0 Å². The molecule has 1 aromatic rings. The van der Waals surface area contributed by atoms with Crippen LogP contribution in [0.15, 0.2) is 9.52 Å². The van der Waals surface area contributed by atoms with Crippen molar-refractivity contribution in [1.82, 2.24) is 20.8 Å². The average Bonchev–Trinajstić information content (AvgIpc) is 3.23. The van der Waals surface area contributed by atoms with Crippen molar-refractivity contribution in [2.45, 2.75) is 71.6 Å². The first-order valence-corrected chi connectivity index (χ1v) is 9.53. The quantitative estimate of drug-likeness (QED) is 0.411. The fourth-order valence-corrected chi connectivity index (χ4v) is 3.10. The van der Waals surface area contributed by atoms with Gasteiger partial charge in [0, 0.05) is 32.0 Å². The number of nitrogens with zero attached hydrogens (tertiary/aromatic N) is 3. The number of hydrogen-bond donors (Lipinski definition) is 2. The van der Waals surface area contributed by atoms with Crippen molar-refractivity contribution in [2.75, 3.05) is 19.6 Å². The molecule has 0 spiro atoms. The zero-order valence-electron chi connectivity index (χ0n) is 15.5. The van der Waals surface area contributed by atoms with Gasteiger partial charge < -0.3 is 15.2 Å². The van der Waals surface area contributed by atoms with E-state index in [0.29, 0.717) is 18.2 Å². The Morgan fingerprint density at radius 1 is 1.29 bits per heavy atom. The maximum atomic E-state index is 5.26. The van der Waals surface area contributed by atoms with Gasteiger partial charge in [0.15, 0.2) is 11.8 Å². The number of rotatable bonds is 9. The van der Waals surface area contributed by atoms with Crippen molar-refractivity contribution in [3.8, 4) is 0 Å². The lowest BCUT2D eigenvalue weighted by Crippen LogP contribution is -2.38. The number of hydrogen-bond acceptors (Lipinski definition) is 4. The molecule has 0 saturated heterocycles. The molecule has 1 heterocycles. The minimum atomic E-state index is 0.300. The van der Waals surface area contributed by atoms with Crippen LogP contribution in [-0.4, -0.2) is 35.7 Å². The van der Waals surface area contributed by atoms with Crippen LogP contribution in [0.4, 0.5) is 0 Å². The lowest BCUT2D eigenvalue weighted by molar-refractivity contribution is 0.371. The van der Waals surface area contributed by atoms with Crippen LogP contribution in [0, 0.1) is 5.92 Å². The third-order valence-electron chi connectivity index (χ3n) is 4.49. The second kappa shape index (κ2) is 10.3. The Labute approximate surface area is 145 Å². The van der Waals surface area contributed by atoms with E-state index < -0.39 is 0 Å². The highest BCUT2D eigenvalue weighted by molar-refractivity contribution is 5.79. The summed E-state index contributed by atoms with van der Waals surface area (Å²) in [4.78, 5) is 9.06. The van der Waals surface area contributed by atoms with Gasteiger partial charge in [-0.3, -0.25) is 4.99 Å². The van der Waals surface area contributed by atoms with Gasteiger partial charge in [0.25, 0.3) is 0 Å². The van der Waals surface area contributed by atoms with E-state index in [4.69, 9.17) is 4.52 Å². The number of aliphatic imine (C=N–C) groups is 1. The van der Waals surface area contributed by atoms with E-state index in [2.05, 4.69) is 46.5 Å². The standard InChI is InChI=1S/C18H33N5O/c1-4-19-18(20-12-7-10-15-8-5-6-9-15)21-13-11-16-22-17(14(2)3)23-24-16/h14-15H,4-13H2,1-3H3,(H2,19,20,21).